The topological polar surface area (TPSA) is 50.9 Å². The van der Waals surface area contributed by atoms with E-state index in [4.69, 9.17) is 18.0 Å². The van der Waals surface area contributed by atoms with Crippen LogP contribution in [0.1, 0.15) is 36.9 Å². The van der Waals surface area contributed by atoms with E-state index >= 15 is 0 Å². The lowest BCUT2D eigenvalue weighted by molar-refractivity contribution is -0.141. The first-order chi connectivity index (χ1) is 9.84. The molecule has 3 nitrogen and oxygen atoms in total. The molecule has 0 aromatic carbocycles. The number of rotatable bonds is 3. The van der Waals surface area contributed by atoms with Crippen LogP contribution in [0.5, 0.6) is 0 Å². The second kappa shape index (κ2) is 5.12. The normalized spacial score (nSPS) is 27.9. The minimum absolute atomic E-state index is 0.0573. The third-order valence-electron chi connectivity index (χ3n) is 4.51. The maximum Gasteiger partial charge on any atom is 0.433 e. The van der Waals surface area contributed by atoms with Gasteiger partial charge in [-0.25, -0.2) is 4.98 Å². The van der Waals surface area contributed by atoms with Crippen LogP contribution < -0.4 is 11.1 Å². The van der Waals surface area contributed by atoms with Gasteiger partial charge in [-0.15, -0.1) is 0 Å². The summed E-state index contributed by atoms with van der Waals surface area (Å²) < 4.78 is 38.4. The van der Waals surface area contributed by atoms with E-state index in [9.17, 15) is 13.2 Å². The third-order valence-corrected chi connectivity index (χ3v) is 4.73. The highest BCUT2D eigenvalue weighted by molar-refractivity contribution is 7.80. The van der Waals surface area contributed by atoms with Crippen molar-refractivity contribution < 1.29 is 13.2 Å². The average molecular weight is 315 g/mol. The van der Waals surface area contributed by atoms with Crippen molar-refractivity contribution in [1.82, 2.24) is 4.98 Å². The summed E-state index contributed by atoms with van der Waals surface area (Å²) in [6.07, 6.45) is 0.0168. The summed E-state index contributed by atoms with van der Waals surface area (Å²) in [5, 5.41) is 3.16. The fourth-order valence-corrected chi connectivity index (χ4v) is 3.69. The zero-order valence-electron chi connectivity index (χ0n) is 11.3. The molecule has 3 unspecified atom stereocenters. The van der Waals surface area contributed by atoms with Gasteiger partial charge < -0.3 is 11.1 Å². The van der Waals surface area contributed by atoms with Crippen molar-refractivity contribution in [2.24, 2.45) is 17.6 Å². The van der Waals surface area contributed by atoms with E-state index in [1.807, 2.05) is 0 Å². The van der Waals surface area contributed by atoms with Crippen LogP contribution in [-0.4, -0.2) is 16.0 Å². The molecule has 3 N–H and O–H groups in total. The van der Waals surface area contributed by atoms with Crippen molar-refractivity contribution in [2.75, 3.05) is 5.32 Å². The number of nitrogens with zero attached hydrogens (tertiary/aromatic N) is 1. The van der Waals surface area contributed by atoms with E-state index in [0.29, 0.717) is 17.4 Å². The summed E-state index contributed by atoms with van der Waals surface area (Å²) in [4.78, 5) is 3.77. The van der Waals surface area contributed by atoms with Gasteiger partial charge in [-0.2, -0.15) is 13.2 Å². The summed E-state index contributed by atoms with van der Waals surface area (Å²) >= 11 is 4.91. The molecule has 2 bridgehead atoms. The van der Waals surface area contributed by atoms with Gasteiger partial charge in [0.25, 0.3) is 0 Å². The van der Waals surface area contributed by atoms with Gasteiger partial charge in [-0.1, -0.05) is 18.6 Å². The van der Waals surface area contributed by atoms with E-state index in [2.05, 4.69) is 10.3 Å². The molecule has 2 saturated carbocycles. The highest BCUT2D eigenvalue weighted by atomic mass is 32.1. The van der Waals surface area contributed by atoms with Crippen LogP contribution in [-0.2, 0) is 6.18 Å². The molecule has 2 aliphatic carbocycles. The van der Waals surface area contributed by atoms with Crippen molar-refractivity contribution >= 4 is 23.0 Å². The number of hydrogen-bond acceptors (Lipinski definition) is 3. The predicted octanol–water partition coefficient (Wildman–Crippen LogP) is 3.34. The van der Waals surface area contributed by atoms with Crippen LogP contribution in [0.3, 0.4) is 0 Å². The third kappa shape index (κ3) is 2.84. The fraction of sp³-hybridized carbons (Fsp3) is 0.571. The van der Waals surface area contributed by atoms with Crippen LogP contribution in [0, 0.1) is 11.8 Å². The Morgan fingerprint density at radius 1 is 1.29 bits per heavy atom. The van der Waals surface area contributed by atoms with Crippen LogP contribution in [0.25, 0.3) is 0 Å². The number of nitrogens with one attached hydrogen (secondary N) is 1. The van der Waals surface area contributed by atoms with E-state index in [0.717, 1.165) is 25.3 Å². The van der Waals surface area contributed by atoms with Gasteiger partial charge >= 0.3 is 6.18 Å². The zero-order chi connectivity index (χ0) is 15.2. The standard InChI is InChI=1S/C14H16F3N3S/c15-14(16,17)11-4-3-9(12(18)21)13(20-11)19-10-6-7-1-2-8(10)5-7/h3-4,7-8,10H,1-2,5-6H2,(H2,18,21)(H,19,20). The van der Waals surface area contributed by atoms with Gasteiger partial charge in [0.05, 0.1) is 5.56 Å². The minimum atomic E-state index is -4.47. The summed E-state index contributed by atoms with van der Waals surface area (Å²) in [7, 11) is 0. The van der Waals surface area contributed by atoms with Crippen LogP contribution in [0.2, 0.25) is 0 Å². The predicted molar refractivity (Wildman–Crippen MR) is 78.0 cm³/mol. The monoisotopic (exact) mass is 315 g/mol. The lowest BCUT2D eigenvalue weighted by Crippen LogP contribution is -2.28. The average Bonchev–Trinajstić information content (AvgIpc) is 2.99. The maximum atomic E-state index is 12.8. The van der Waals surface area contributed by atoms with Crippen molar-refractivity contribution in [2.45, 2.75) is 37.9 Å². The first kappa shape index (κ1) is 14.6. The smallest absolute Gasteiger partial charge is 0.389 e. The van der Waals surface area contributed by atoms with Gasteiger partial charge in [0, 0.05) is 6.04 Å². The number of halogens is 3. The molecular weight excluding hydrogens is 299 g/mol. The molecule has 21 heavy (non-hydrogen) atoms. The quantitative estimate of drug-likeness (QED) is 0.840. The molecule has 3 rings (SSSR count). The number of thiocarbonyl (C=S) groups is 1. The molecule has 0 radical (unpaired) electrons. The first-order valence-electron chi connectivity index (χ1n) is 6.99. The number of aromatic nitrogens is 1. The van der Waals surface area contributed by atoms with Gasteiger partial charge in [-0.3, -0.25) is 0 Å². The van der Waals surface area contributed by atoms with Crippen molar-refractivity contribution in [3.8, 4) is 0 Å². The highest BCUT2D eigenvalue weighted by Crippen LogP contribution is 2.45. The Balaban J connectivity index is 1.89. The molecule has 0 saturated heterocycles. The summed E-state index contributed by atoms with van der Waals surface area (Å²) in [5.74, 6) is 1.37. The SMILES string of the molecule is NC(=S)c1ccc(C(F)(F)F)nc1NC1CC2CCC1C2. The number of fused-ring (bicyclic) bond motifs is 2. The molecule has 7 heteroatoms. The molecule has 0 aliphatic heterocycles. The summed E-state index contributed by atoms with van der Waals surface area (Å²) in [6.45, 7) is 0. The van der Waals surface area contributed by atoms with Gasteiger partial charge in [0.1, 0.15) is 16.5 Å². The molecule has 2 fully saturated rings. The summed E-state index contributed by atoms with van der Waals surface area (Å²) in [5.41, 5.74) is 5.05. The number of pyridine rings is 1. The Hall–Kier alpha value is -1.37. The van der Waals surface area contributed by atoms with Gasteiger partial charge in [0.15, 0.2) is 0 Å². The van der Waals surface area contributed by atoms with E-state index in [-0.39, 0.29) is 16.8 Å². The van der Waals surface area contributed by atoms with Gasteiger partial charge in [-0.05, 0) is 43.2 Å². The number of alkyl halides is 3. The molecule has 0 spiro atoms. The maximum absolute atomic E-state index is 12.8. The fourth-order valence-electron chi connectivity index (χ4n) is 3.52. The molecule has 1 heterocycles. The second-order valence-electron chi connectivity index (χ2n) is 5.88. The van der Waals surface area contributed by atoms with Crippen molar-refractivity contribution in [3.05, 3.63) is 23.4 Å². The Labute approximate surface area is 126 Å². The Bertz CT molecular complexity index is 573. The zero-order valence-corrected chi connectivity index (χ0v) is 12.1. The van der Waals surface area contributed by atoms with Crippen LogP contribution in [0.4, 0.5) is 19.0 Å². The van der Waals surface area contributed by atoms with E-state index < -0.39 is 11.9 Å². The second-order valence-corrected chi connectivity index (χ2v) is 6.32. The van der Waals surface area contributed by atoms with Crippen LogP contribution in [0.15, 0.2) is 12.1 Å². The molecule has 114 valence electrons. The summed E-state index contributed by atoms with van der Waals surface area (Å²) in [6, 6.07) is 2.39. The molecule has 1 aromatic rings. The molecule has 1 aromatic heterocycles. The van der Waals surface area contributed by atoms with E-state index in [1.54, 1.807) is 0 Å². The molecule has 3 atom stereocenters. The molecule has 0 amide bonds. The molecular formula is C14H16F3N3S. The lowest BCUT2D eigenvalue weighted by Gasteiger charge is -2.25. The highest BCUT2D eigenvalue weighted by Gasteiger charge is 2.40. The Morgan fingerprint density at radius 3 is 2.57 bits per heavy atom. The van der Waals surface area contributed by atoms with Crippen LogP contribution >= 0.6 is 12.2 Å². The Morgan fingerprint density at radius 2 is 2.05 bits per heavy atom. The van der Waals surface area contributed by atoms with E-state index in [1.165, 1.54) is 12.5 Å². The van der Waals surface area contributed by atoms with Crippen molar-refractivity contribution in [1.29, 1.82) is 0 Å². The van der Waals surface area contributed by atoms with Crippen molar-refractivity contribution in [3.63, 3.8) is 0 Å². The first-order valence-corrected chi connectivity index (χ1v) is 7.40. The Kier molecular flexibility index (Phi) is 3.55. The number of hydrogen-bond donors (Lipinski definition) is 2. The largest absolute Gasteiger partial charge is 0.433 e. The lowest BCUT2D eigenvalue weighted by atomic mass is 9.95. The number of anilines is 1. The minimum Gasteiger partial charge on any atom is -0.389 e. The van der Waals surface area contributed by atoms with Gasteiger partial charge in [0.2, 0.25) is 0 Å². The number of nitrogens with two attached hydrogens (primary N) is 1. The molecule has 2 aliphatic rings.